The number of imide groups is 1. The van der Waals surface area contributed by atoms with E-state index in [1.807, 2.05) is 6.07 Å². The van der Waals surface area contributed by atoms with E-state index in [0.717, 1.165) is 31.6 Å². The molecular formula is C25H27N3O6. The van der Waals surface area contributed by atoms with Crippen LogP contribution in [0.25, 0.3) is 0 Å². The number of rotatable bonds is 7. The van der Waals surface area contributed by atoms with Gasteiger partial charge in [-0.15, -0.1) is 0 Å². The van der Waals surface area contributed by atoms with Crippen LogP contribution in [0.4, 0.5) is 4.79 Å². The highest BCUT2D eigenvalue weighted by Crippen LogP contribution is 2.33. The largest absolute Gasteiger partial charge is 0.497 e. The molecule has 9 heteroatoms. The molecule has 178 valence electrons. The molecule has 9 nitrogen and oxygen atoms in total. The lowest BCUT2D eigenvalue weighted by atomic mass is 9.89. The minimum absolute atomic E-state index is 0.00266. The van der Waals surface area contributed by atoms with Crippen molar-refractivity contribution in [2.24, 2.45) is 5.92 Å². The molecule has 2 saturated heterocycles. The van der Waals surface area contributed by atoms with E-state index in [1.165, 1.54) is 0 Å². The van der Waals surface area contributed by atoms with Crippen LogP contribution >= 0.6 is 0 Å². The van der Waals surface area contributed by atoms with E-state index in [9.17, 15) is 14.4 Å². The number of nitrogens with zero attached hydrogens (tertiary/aromatic N) is 1. The summed E-state index contributed by atoms with van der Waals surface area (Å²) in [5.41, 5.74) is 0.576. The minimum atomic E-state index is -1.39. The summed E-state index contributed by atoms with van der Waals surface area (Å²) < 4.78 is 16.6. The molecule has 0 aliphatic carbocycles. The van der Waals surface area contributed by atoms with E-state index in [1.54, 1.807) is 48.4 Å². The lowest BCUT2D eigenvalue weighted by Crippen LogP contribution is -2.52. The van der Waals surface area contributed by atoms with Gasteiger partial charge in [-0.25, -0.2) is 4.79 Å². The first-order valence-corrected chi connectivity index (χ1v) is 11.4. The van der Waals surface area contributed by atoms with Gasteiger partial charge in [0, 0.05) is 25.3 Å². The van der Waals surface area contributed by atoms with Crippen molar-refractivity contribution < 1.29 is 28.6 Å². The van der Waals surface area contributed by atoms with Crippen molar-refractivity contribution in [2.45, 2.75) is 24.9 Å². The van der Waals surface area contributed by atoms with Crippen molar-refractivity contribution in [1.29, 1.82) is 0 Å². The topological polar surface area (TPSA) is 106 Å². The molecule has 0 bridgehead atoms. The molecule has 0 spiro atoms. The highest BCUT2D eigenvalue weighted by Gasteiger charge is 2.50. The van der Waals surface area contributed by atoms with E-state index in [-0.39, 0.29) is 12.5 Å². The average molecular weight is 466 g/mol. The first-order valence-electron chi connectivity index (χ1n) is 11.4. The lowest BCUT2D eigenvalue weighted by Gasteiger charge is -2.31. The first kappa shape index (κ1) is 22.2. The van der Waals surface area contributed by atoms with Gasteiger partial charge in [-0.2, -0.15) is 0 Å². The molecule has 0 radical (unpaired) electrons. The van der Waals surface area contributed by atoms with Crippen LogP contribution < -0.4 is 20.1 Å². The molecule has 5 rings (SSSR count). The number of benzene rings is 2. The van der Waals surface area contributed by atoms with Gasteiger partial charge in [-0.1, -0.05) is 18.2 Å². The van der Waals surface area contributed by atoms with Gasteiger partial charge in [0.15, 0.2) is 5.54 Å². The molecule has 1 unspecified atom stereocenters. The van der Waals surface area contributed by atoms with Gasteiger partial charge in [0.1, 0.15) is 11.5 Å². The second-order valence-corrected chi connectivity index (χ2v) is 8.89. The number of amides is 4. The maximum atomic E-state index is 13.1. The lowest BCUT2D eigenvalue weighted by molar-refractivity contribution is -0.124. The highest BCUT2D eigenvalue weighted by atomic mass is 16.5. The van der Waals surface area contributed by atoms with E-state index in [4.69, 9.17) is 14.2 Å². The number of urea groups is 1. The Kier molecular flexibility index (Phi) is 5.87. The molecule has 4 amide bonds. The van der Waals surface area contributed by atoms with Crippen molar-refractivity contribution in [3.8, 4) is 11.5 Å². The molecule has 2 fully saturated rings. The minimum Gasteiger partial charge on any atom is -0.497 e. The number of hydrogen-bond donors (Lipinski definition) is 2. The van der Waals surface area contributed by atoms with Crippen molar-refractivity contribution in [3.63, 3.8) is 0 Å². The third kappa shape index (κ3) is 4.07. The summed E-state index contributed by atoms with van der Waals surface area (Å²) in [6.07, 6.45) is 1.96. The van der Waals surface area contributed by atoms with Crippen molar-refractivity contribution in [2.75, 3.05) is 33.5 Å². The van der Waals surface area contributed by atoms with Crippen LogP contribution in [0.3, 0.4) is 0 Å². The second-order valence-electron chi connectivity index (χ2n) is 8.89. The number of hydrogen-bond acceptors (Lipinski definition) is 6. The van der Waals surface area contributed by atoms with Gasteiger partial charge in [-0.3, -0.25) is 14.9 Å². The van der Waals surface area contributed by atoms with Crippen molar-refractivity contribution in [1.82, 2.24) is 15.5 Å². The molecular weight excluding hydrogens is 438 g/mol. The molecule has 2 aromatic rings. The Hall–Kier alpha value is -3.59. The van der Waals surface area contributed by atoms with E-state index >= 15 is 0 Å². The summed E-state index contributed by atoms with van der Waals surface area (Å²) in [6.45, 7) is 2.47. The molecule has 3 aliphatic heterocycles. The fourth-order valence-corrected chi connectivity index (χ4v) is 4.74. The summed E-state index contributed by atoms with van der Waals surface area (Å²) in [6, 6.07) is 11.9. The van der Waals surface area contributed by atoms with Crippen LogP contribution in [-0.2, 0) is 21.6 Å². The van der Waals surface area contributed by atoms with Gasteiger partial charge in [-0.05, 0) is 54.2 Å². The third-order valence-electron chi connectivity index (χ3n) is 6.74. The monoisotopic (exact) mass is 465 g/mol. The standard InChI is InChI=1S/C25H27N3O6/c1-32-20-5-2-17-13-28(22(29)21(17)12-20)15-25(23(30)26-24(31)27-25)18-3-6-19(7-4-18)34-14-16-8-10-33-11-9-16/h2-7,12,16H,8-11,13-15H2,1H3,(H2,26,27,30,31). The van der Waals surface area contributed by atoms with Crippen LogP contribution in [0.1, 0.15) is 34.3 Å². The van der Waals surface area contributed by atoms with Gasteiger partial charge in [0.05, 0.1) is 20.3 Å². The molecule has 0 aromatic heterocycles. The Morgan fingerprint density at radius 2 is 1.79 bits per heavy atom. The van der Waals surface area contributed by atoms with E-state index in [2.05, 4.69) is 10.6 Å². The smallest absolute Gasteiger partial charge is 0.322 e. The quantitative estimate of drug-likeness (QED) is 0.608. The Bertz CT molecular complexity index is 1110. The summed E-state index contributed by atoms with van der Waals surface area (Å²) in [7, 11) is 1.54. The number of carbonyl (C=O) groups is 3. The Morgan fingerprint density at radius 1 is 1.06 bits per heavy atom. The fourth-order valence-electron chi connectivity index (χ4n) is 4.74. The zero-order chi connectivity index (χ0) is 23.7. The maximum absolute atomic E-state index is 13.1. The van der Waals surface area contributed by atoms with Gasteiger partial charge < -0.3 is 24.4 Å². The summed E-state index contributed by atoms with van der Waals surface area (Å²) in [5, 5.41) is 5.09. The summed E-state index contributed by atoms with van der Waals surface area (Å²) in [4.78, 5) is 39.8. The normalized spacial score (nSPS) is 22.4. The van der Waals surface area contributed by atoms with Crippen LogP contribution in [-0.4, -0.2) is 56.2 Å². The Balaban J connectivity index is 1.35. The predicted octanol–water partition coefficient (Wildman–Crippen LogP) is 2.19. The van der Waals surface area contributed by atoms with Crippen molar-refractivity contribution >= 4 is 17.8 Å². The third-order valence-corrected chi connectivity index (χ3v) is 6.74. The Labute approximate surface area is 197 Å². The predicted molar refractivity (Wildman–Crippen MR) is 122 cm³/mol. The van der Waals surface area contributed by atoms with E-state index in [0.29, 0.717) is 41.7 Å². The maximum Gasteiger partial charge on any atom is 0.322 e. The fraction of sp³-hybridized carbons (Fsp3) is 0.400. The van der Waals surface area contributed by atoms with Crippen molar-refractivity contribution in [3.05, 3.63) is 59.2 Å². The molecule has 2 aromatic carbocycles. The number of methoxy groups -OCH3 is 1. The zero-order valence-corrected chi connectivity index (χ0v) is 19.0. The zero-order valence-electron chi connectivity index (χ0n) is 19.0. The SMILES string of the molecule is COc1ccc2c(c1)C(=O)N(CC1(c3ccc(OCC4CCOCC4)cc3)NC(=O)NC1=O)C2. The van der Waals surface area contributed by atoms with Gasteiger partial charge in [0.25, 0.3) is 11.8 Å². The van der Waals surface area contributed by atoms with Crippen LogP contribution in [0.2, 0.25) is 0 Å². The molecule has 2 N–H and O–H groups in total. The van der Waals surface area contributed by atoms with Gasteiger partial charge in [0.2, 0.25) is 0 Å². The summed E-state index contributed by atoms with van der Waals surface area (Å²) in [5.74, 6) is 1.04. The van der Waals surface area contributed by atoms with Crippen LogP contribution in [0, 0.1) is 5.92 Å². The number of nitrogens with one attached hydrogen (secondary N) is 2. The highest BCUT2D eigenvalue weighted by molar-refractivity contribution is 6.08. The summed E-state index contributed by atoms with van der Waals surface area (Å²) >= 11 is 0. The number of carbonyl (C=O) groups excluding carboxylic acids is 3. The second kappa shape index (κ2) is 8.98. The number of ether oxygens (including phenoxy) is 3. The van der Waals surface area contributed by atoms with Crippen LogP contribution in [0.15, 0.2) is 42.5 Å². The molecule has 1 atom stereocenters. The number of fused-ring (bicyclic) bond motifs is 1. The average Bonchev–Trinajstić information content (AvgIpc) is 3.33. The molecule has 34 heavy (non-hydrogen) atoms. The van der Waals surface area contributed by atoms with Crippen LogP contribution in [0.5, 0.6) is 11.5 Å². The molecule has 0 saturated carbocycles. The Morgan fingerprint density at radius 3 is 2.47 bits per heavy atom. The first-order chi connectivity index (χ1) is 16.5. The molecule has 3 aliphatic rings. The van der Waals surface area contributed by atoms with E-state index < -0.39 is 17.5 Å². The van der Waals surface area contributed by atoms with Gasteiger partial charge >= 0.3 is 6.03 Å². The molecule has 3 heterocycles.